The van der Waals surface area contributed by atoms with E-state index in [-0.39, 0.29) is 44.4 Å². The number of carbonyl (C=O) groups is 3. The summed E-state index contributed by atoms with van der Waals surface area (Å²) in [6.07, 6.45) is -0.625. The van der Waals surface area contributed by atoms with E-state index in [0.29, 0.717) is 16.8 Å². The average molecular weight is 490 g/mol. The monoisotopic (exact) mass is 489 g/mol. The van der Waals surface area contributed by atoms with Gasteiger partial charge >= 0.3 is 18.0 Å². The van der Waals surface area contributed by atoms with Crippen molar-refractivity contribution in [3.8, 4) is 0 Å². The van der Waals surface area contributed by atoms with Crippen molar-refractivity contribution in [2.75, 3.05) is 19.8 Å². The molecule has 1 atom stereocenters. The summed E-state index contributed by atoms with van der Waals surface area (Å²) in [5, 5.41) is 4.50. The molecule has 0 saturated carbocycles. The highest BCUT2D eigenvalue weighted by atomic mass is 19.1. The molecule has 1 aliphatic rings. The summed E-state index contributed by atoms with van der Waals surface area (Å²) in [6.45, 7) is 10.6. The third-order valence-corrected chi connectivity index (χ3v) is 5.52. The van der Waals surface area contributed by atoms with Gasteiger partial charge in [0, 0.05) is 12.1 Å². The Labute approximate surface area is 204 Å². The zero-order chi connectivity index (χ0) is 26.0. The molecule has 0 radical (unpaired) electrons. The van der Waals surface area contributed by atoms with Gasteiger partial charge in [0.15, 0.2) is 5.69 Å². The van der Waals surface area contributed by atoms with Gasteiger partial charge in [0.05, 0.1) is 32.0 Å². The highest BCUT2D eigenvalue weighted by Gasteiger charge is 2.50. The van der Waals surface area contributed by atoms with Gasteiger partial charge in [-0.2, -0.15) is 5.10 Å². The van der Waals surface area contributed by atoms with Crippen LogP contribution in [0.4, 0.5) is 9.18 Å². The first-order chi connectivity index (χ1) is 16.4. The van der Waals surface area contributed by atoms with Crippen LogP contribution in [-0.2, 0) is 37.5 Å². The van der Waals surface area contributed by atoms with Crippen LogP contribution < -0.4 is 0 Å². The maximum absolute atomic E-state index is 13.4. The molecule has 1 aromatic heterocycles. The molecule has 0 bridgehead atoms. The predicted octanol–water partition coefficient (Wildman–Crippen LogP) is 3.82. The fourth-order valence-corrected chi connectivity index (χ4v) is 4.12. The molecule has 0 spiro atoms. The molecule has 0 saturated heterocycles. The van der Waals surface area contributed by atoms with Gasteiger partial charge in [0.25, 0.3) is 0 Å². The minimum Gasteiger partial charge on any atom is -0.465 e. The van der Waals surface area contributed by atoms with Gasteiger partial charge in [0.2, 0.25) is 0 Å². The Bertz CT molecular complexity index is 1110. The van der Waals surface area contributed by atoms with Gasteiger partial charge in [-0.25, -0.2) is 14.0 Å². The molecule has 35 heavy (non-hydrogen) atoms. The molecular formula is C25H32FN3O6. The topological polar surface area (TPSA) is 100.0 Å². The molecule has 1 aliphatic heterocycles. The summed E-state index contributed by atoms with van der Waals surface area (Å²) in [4.78, 5) is 40.5. The summed E-state index contributed by atoms with van der Waals surface area (Å²) < 4.78 is 31.1. The zero-order valence-electron chi connectivity index (χ0n) is 21.0. The molecule has 0 fully saturated rings. The molecular weight excluding hydrogens is 457 g/mol. The third kappa shape index (κ3) is 5.63. The molecule has 3 rings (SSSR count). The smallest absolute Gasteiger partial charge is 0.410 e. The third-order valence-electron chi connectivity index (χ3n) is 5.52. The van der Waals surface area contributed by atoms with Gasteiger partial charge in [-0.15, -0.1) is 0 Å². The van der Waals surface area contributed by atoms with Gasteiger partial charge in [-0.3, -0.25) is 9.48 Å². The Hall–Kier alpha value is -3.43. The second-order valence-corrected chi connectivity index (χ2v) is 9.57. The first-order valence-electron chi connectivity index (χ1n) is 11.6. The Morgan fingerprint density at radius 3 is 2.29 bits per heavy atom. The maximum atomic E-state index is 13.4. The lowest BCUT2D eigenvalue weighted by molar-refractivity contribution is -0.151. The quantitative estimate of drug-likeness (QED) is 0.449. The first-order valence-corrected chi connectivity index (χ1v) is 11.6. The number of nitrogens with zero attached hydrogens (tertiary/aromatic N) is 3. The molecule has 9 nitrogen and oxygen atoms in total. The average Bonchev–Trinajstić information content (AvgIpc) is 3.13. The Kier molecular flexibility index (Phi) is 7.52. The van der Waals surface area contributed by atoms with Crippen LogP contribution in [0.15, 0.2) is 24.3 Å². The lowest BCUT2D eigenvalue weighted by Gasteiger charge is -2.39. The highest BCUT2D eigenvalue weighted by Crippen LogP contribution is 2.38. The molecule has 190 valence electrons. The number of hydrogen-bond donors (Lipinski definition) is 0. The van der Waals surface area contributed by atoms with E-state index in [4.69, 9.17) is 14.2 Å². The van der Waals surface area contributed by atoms with Gasteiger partial charge in [-0.05, 0) is 59.2 Å². The second kappa shape index (κ2) is 10.1. The normalized spacial score (nSPS) is 17.5. The van der Waals surface area contributed by atoms with Gasteiger partial charge in [0.1, 0.15) is 16.8 Å². The van der Waals surface area contributed by atoms with Crippen molar-refractivity contribution in [2.24, 2.45) is 0 Å². The standard InChI is InChI=1S/C25H32FN3O6/c1-7-33-21(30)19-18-14-28(23(32)35-24(3,4)5)15-25(6,22(31)34-8-2)20(18)29(27-19)13-16-9-11-17(26)12-10-16/h9-12H,7-8,13-15H2,1-6H3/t25-/m0/s1. The van der Waals surface area contributed by atoms with E-state index >= 15 is 0 Å². The van der Waals surface area contributed by atoms with Crippen LogP contribution >= 0.6 is 0 Å². The van der Waals surface area contributed by atoms with Gasteiger partial charge in [-0.1, -0.05) is 12.1 Å². The van der Waals surface area contributed by atoms with Crippen molar-refractivity contribution < 1.29 is 33.0 Å². The van der Waals surface area contributed by atoms with Crippen LogP contribution in [-0.4, -0.2) is 58.1 Å². The summed E-state index contributed by atoms with van der Waals surface area (Å²) >= 11 is 0. The number of carbonyl (C=O) groups excluding carboxylic acids is 3. The molecule has 1 amide bonds. The largest absolute Gasteiger partial charge is 0.465 e. The summed E-state index contributed by atoms with van der Waals surface area (Å²) in [5.41, 5.74) is -0.547. The number of amides is 1. The minimum absolute atomic E-state index is 0.00317. The Morgan fingerprint density at radius 1 is 1.09 bits per heavy atom. The summed E-state index contributed by atoms with van der Waals surface area (Å²) in [7, 11) is 0. The van der Waals surface area contributed by atoms with Crippen LogP contribution in [0.5, 0.6) is 0 Å². The molecule has 2 aromatic rings. The van der Waals surface area contributed by atoms with Crippen LogP contribution in [0.3, 0.4) is 0 Å². The number of aromatic nitrogens is 2. The van der Waals surface area contributed by atoms with Crippen LogP contribution in [0.2, 0.25) is 0 Å². The number of esters is 2. The van der Waals surface area contributed by atoms with E-state index in [1.54, 1.807) is 53.7 Å². The van der Waals surface area contributed by atoms with E-state index in [1.165, 1.54) is 21.7 Å². The van der Waals surface area contributed by atoms with E-state index in [0.717, 1.165) is 0 Å². The van der Waals surface area contributed by atoms with Crippen molar-refractivity contribution in [1.82, 2.24) is 14.7 Å². The van der Waals surface area contributed by atoms with Crippen LogP contribution in [0, 0.1) is 5.82 Å². The second-order valence-electron chi connectivity index (χ2n) is 9.57. The number of fused-ring (bicyclic) bond motifs is 1. The predicted molar refractivity (Wildman–Crippen MR) is 124 cm³/mol. The fourth-order valence-electron chi connectivity index (χ4n) is 4.12. The van der Waals surface area contributed by atoms with Crippen molar-refractivity contribution in [2.45, 2.75) is 65.6 Å². The van der Waals surface area contributed by atoms with Gasteiger partial charge < -0.3 is 19.1 Å². The highest BCUT2D eigenvalue weighted by molar-refractivity contribution is 5.92. The lowest BCUT2D eigenvalue weighted by atomic mass is 9.80. The molecule has 0 N–H and O–H groups in total. The van der Waals surface area contributed by atoms with Crippen LogP contribution in [0.25, 0.3) is 0 Å². The minimum atomic E-state index is -1.35. The summed E-state index contributed by atoms with van der Waals surface area (Å²) in [5.74, 6) is -1.61. The Balaban J connectivity index is 2.17. The zero-order valence-corrected chi connectivity index (χ0v) is 21.0. The molecule has 1 aromatic carbocycles. The number of ether oxygens (including phenoxy) is 3. The van der Waals surface area contributed by atoms with E-state index < -0.39 is 29.0 Å². The number of hydrogen-bond acceptors (Lipinski definition) is 7. The molecule has 10 heteroatoms. The first kappa shape index (κ1) is 26.2. The lowest BCUT2D eigenvalue weighted by Crippen LogP contribution is -2.53. The van der Waals surface area contributed by atoms with Crippen molar-refractivity contribution in [3.05, 3.63) is 52.6 Å². The van der Waals surface area contributed by atoms with Crippen molar-refractivity contribution >= 4 is 18.0 Å². The van der Waals surface area contributed by atoms with Crippen molar-refractivity contribution in [3.63, 3.8) is 0 Å². The maximum Gasteiger partial charge on any atom is 0.410 e. The molecule has 2 heterocycles. The Morgan fingerprint density at radius 2 is 1.71 bits per heavy atom. The van der Waals surface area contributed by atoms with E-state index in [2.05, 4.69) is 5.10 Å². The van der Waals surface area contributed by atoms with Crippen molar-refractivity contribution in [1.29, 1.82) is 0 Å². The van der Waals surface area contributed by atoms with Crippen LogP contribution in [0.1, 0.15) is 68.9 Å². The fraction of sp³-hybridized carbons (Fsp3) is 0.520. The number of halogens is 1. The van der Waals surface area contributed by atoms with E-state index in [1.807, 2.05) is 0 Å². The SMILES string of the molecule is CCOC(=O)c1nn(Cc2ccc(F)cc2)c2c1CN(C(=O)OC(C)(C)C)C[C@]2(C)C(=O)OCC. The summed E-state index contributed by atoms with van der Waals surface area (Å²) in [6, 6.07) is 5.86. The number of benzene rings is 1. The molecule has 0 unspecified atom stereocenters. The molecule has 0 aliphatic carbocycles. The van der Waals surface area contributed by atoms with E-state index in [9.17, 15) is 18.8 Å². The number of rotatable bonds is 6.